The Balaban J connectivity index is 1.30. The molecule has 2 saturated heterocycles. The molecule has 2 atom stereocenters. The predicted molar refractivity (Wildman–Crippen MR) is 116 cm³/mol. The van der Waals surface area contributed by atoms with Crippen molar-refractivity contribution in [1.29, 1.82) is 5.26 Å². The van der Waals surface area contributed by atoms with Gasteiger partial charge in [-0.25, -0.2) is 0 Å². The molecule has 2 aliphatic heterocycles. The molecule has 2 aliphatic rings. The third-order valence-corrected chi connectivity index (χ3v) is 6.15. The minimum atomic E-state index is -0.112. The van der Waals surface area contributed by atoms with Gasteiger partial charge in [0, 0.05) is 24.2 Å². The minimum absolute atomic E-state index is 0.0742. The van der Waals surface area contributed by atoms with Crippen LogP contribution in [-0.2, 0) is 4.74 Å². The summed E-state index contributed by atoms with van der Waals surface area (Å²) in [7, 11) is 0. The van der Waals surface area contributed by atoms with E-state index in [1.807, 2.05) is 59.5 Å². The number of para-hydroxylation sites is 2. The maximum absolute atomic E-state index is 9.46. The van der Waals surface area contributed by atoms with Crippen LogP contribution in [0, 0.1) is 11.5 Å². The Morgan fingerprint density at radius 1 is 1.23 bits per heavy atom. The van der Waals surface area contributed by atoms with E-state index >= 15 is 0 Å². The summed E-state index contributed by atoms with van der Waals surface area (Å²) in [5.74, 6) is 1.55. The van der Waals surface area contributed by atoms with Crippen molar-refractivity contribution in [2.75, 3.05) is 19.8 Å². The zero-order valence-corrected chi connectivity index (χ0v) is 17.4. The van der Waals surface area contributed by atoms with E-state index in [0.717, 1.165) is 34.9 Å². The predicted octanol–water partition coefficient (Wildman–Crippen LogP) is 3.84. The number of nitrogens with one attached hydrogen (secondary N) is 2. The van der Waals surface area contributed by atoms with Gasteiger partial charge in [-0.3, -0.25) is 10.00 Å². The lowest BCUT2D eigenvalue weighted by Crippen LogP contribution is -2.57. The second-order valence-corrected chi connectivity index (χ2v) is 8.34. The van der Waals surface area contributed by atoms with Crippen LogP contribution < -0.4 is 10.1 Å². The summed E-state index contributed by atoms with van der Waals surface area (Å²) in [5, 5.41) is 20.8. The molecular formula is C24H25N5O2. The molecule has 2 fully saturated rings. The zero-order chi connectivity index (χ0) is 21.3. The third kappa shape index (κ3) is 3.76. The lowest BCUT2D eigenvalue weighted by Gasteiger charge is -2.42. The summed E-state index contributed by atoms with van der Waals surface area (Å²) in [6.45, 7) is 4.10. The highest BCUT2D eigenvalue weighted by Crippen LogP contribution is 2.37. The van der Waals surface area contributed by atoms with Gasteiger partial charge in [0.25, 0.3) is 0 Å². The second-order valence-electron chi connectivity index (χ2n) is 8.34. The molecule has 0 amide bonds. The van der Waals surface area contributed by atoms with Crippen LogP contribution in [0.3, 0.4) is 0 Å². The first kappa shape index (κ1) is 19.6. The standard InChI is InChI=1S/C24H25N5O2/c1-17(26-18-12-24(14-30-15-24)29(13-18)16-25)21-11-22(28-27-21)20-9-5-6-10-23(20)31-19-7-3-2-4-8-19/h2-11,17-18,26H,12-15H2,1H3,(H,27,28)/t17?,18-/m1/s1. The molecule has 31 heavy (non-hydrogen) atoms. The summed E-state index contributed by atoms with van der Waals surface area (Å²) >= 11 is 0. The van der Waals surface area contributed by atoms with Crippen LogP contribution in [0.4, 0.5) is 0 Å². The Bertz CT molecular complexity index is 1090. The quantitative estimate of drug-likeness (QED) is 0.595. The van der Waals surface area contributed by atoms with Crippen LogP contribution in [0.5, 0.6) is 11.5 Å². The van der Waals surface area contributed by atoms with E-state index in [4.69, 9.17) is 9.47 Å². The Morgan fingerprint density at radius 2 is 2.00 bits per heavy atom. The average Bonchev–Trinajstić information content (AvgIpc) is 3.40. The number of hydrogen-bond donors (Lipinski definition) is 2. The first-order chi connectivity index (χ1) is 15.2. The number of benzene rings is 2. The summed E-state index contributed by atoms with van der Waals surface area (Å²) in [6.07, 6.45) is 3.25. The fourth-order valence-corrected chi connectivity index (χ4v) is 4.44. The molecule has 1 unspecified atom stereocenters. The van der Waals surface area contributed by atoms with Crippen LogP contribution in [-0.4, -0.2) is 46.4 Å². The molecule has 5 rings (SSSR count). The van der Waals surface area contributed by atoms with Gasteiger partial charge < -0.3 is 14.8 Å². The van der Waals surface area contributed by atoms with Gasteiger partial charge in [-0.2, -0.15) is 10.4 Å². The molecule has 0 radical (unpaired) electrons. The number of likely N-dealkylation sites (tertiary alicyclic amines) is 1. The summed E-state index contributed by atoms with van der Waals surface area (Å²) < 4.78 is 11.5. The first-order valence-corrected chi connectivity index (χ1v) is 10.6. The zero-order valence-electron chi connectivity index (χ0n) is 17.4. The van der Waals surface area contributed by atoms with Crippen molar-refractivity contribution in [1.82, 2.24) is 20.4 Å². The van der Waals surface area contributed by atoms with Crippen LogP contribution >= 0.6 is 0 Å². The highest BCUT2D eigenvalue weighted by molar-refractivity contribution is 5.67. The molecule has 1 aromatic heterocycles. The maximum Gasteiger partial charge on any atom is 0.180 e. The number of rotatable bonds is 6. The van der Waals surface area contributed by atoms with E-state index < -0.39 is 0 Å². The van der Waals surface area contributed by atoms with Gasteiger partial charge in [-0.15, -0.1) is 0 Å². The van der Waals surface area contributed by atoms with Crippen molar-refractivity contribution in [3.05, 3.63) is 66.4 Å². The van der Waals surface area contributed by atoms with Gasteiger partial charge in [0.15, 0.2) is 6.19 Å². The van der Waals surface area contributed by atoms with E-state index in [-0.39, 0.29) is 17.6 Å². The number of ether oxygens (including phenoxy) is 2. The van der Waals surface area contributed by atoms with E-state index in [1.165, 1.54) is 0 Å². The minimum Gasteiger partial charge on any atom is -0.457 e. The molecule has 3 heterocycles. The second kappa shape index (κ2) is 8.06. The van der Waals surface area contributed by atoms with Crippen molar-refractivity contribution in [3.8, 4) is 28.9 Å². The number of aromatic amines is 1. The van der Waals surface area contributed by atoms with E-state index in [9.17, 15) is 5.26 Å². The summed E-state index contributed by atoms with van der Waals surface area (Å²) in [4.78, 5) is 1.87. The van der Waals surface area contributed by atoms with Gasteiger partial charge in [0.1, 0.15) is 11.5 Å². The molecule has 3 aromatic rings. The average molecular weight is 415 g/mol. The van der Waals surface area contributed by atoms with Crippen LogP contribution in [0.2, 0.25) is 0 Å². The molecular weight excluding hydrogens is 390 g/mol. The summed E-state index contributed by atoms with van der Waals surface area (Å²) in [5.41, 5.74) is 2.66. The number of nitriles is 1. The van der Waals surface area contributed by atoms with Gasteiger partial charge in [-0.1, -0.05) is 30.3 Å². The monoisotopic (exact) mass is 415 g/mol. The molecule has 2 N–H and O–H groups in total. The molecule has 2 aromatic carbocycles. The number of hydrogen-bond acceptors (Lipinski definition) is 6. The lowest BCUT2D eigenvalue weighted by molar-refractivity contribution is -0.105. The van der Waals surface area contributed by atoms with E-state index in [1.54, 1.807) is 0 Å². The fraction of sp³-hybridized carbons (Fsp3) is 0.333. The molecule has 7 nitrogen and oxygen atoms in total. The smallest absolute Gasteiger partial charge is 0.180 e. The number of aromatic nitrogens is 2. The Kier molecular flexibility index (Phi) is 5.10. The van der Waals surface area contributed by atoms with E-state index in [0.29, 0.717) is 19.8 Å². The molecule has 7 heteroatoms. The highest BCUT2D eigenvalue weighted by atomic mass is 16.5. The number of H-pyrrole nitrogens is 1. The Labute approximate surface area is 181 Å². The SMILES string of the molecule is CC(N[C@H]1CN(C#N)C2(COC2)C1)c1cc(-c2ccccc2Oc2ccccc2)n[nH]1. The lowest BCUT2D eigenvalue weighted by atomic mass is 9.93. The van der Waals surface area contributed by atoms with Crippen LogP contribution in [0.25, 0.3) is 11.3 Å². The molecule has 0 saturated carbocycles. The fourth-order valence-electron chi connectivity index (χ4n) is 4.44. The van der Waals surface area contributed by atoms with Crippen molar-refractivity contribution < 1.29 is 9.47 Å². The Hall–Kier alpha value is -3.34. The van der Waals surface area contributed by atoms with Crippen molar-refractivity contribution in [2.24, 2.45) is 0 Å². The van der Waals surface area contributed by atoms with Crippen LogP contribution in [0.1, 0.15) is 25.1 Å². The van der Waals surface area contributed by atoms with Gasteiger partial charge in [0.05, 0.1) is 30.1 Å². The number of nitrogens with zero attached hydrogens (tertiary/aromatic N) is 3. The highest BCUT2D eigenvalue weighted by Gasteiger charge is 2.51. The van der Waals surface area contributed by atoms with E-state index in [2.05, 4.69) is 34.7 Å². The maximum atomic E-state index is 9.46. The third-order valence-electron chi connectivity index (χ3n) is 6.15. The normalized spacial score (nSPS) is 20.3. The summed E-state index contributed by atoms with van der Waals surface area (Å²) in [6, 6.07) is 20.0. The van der Waals surface area contributed by atoms with Crippen LogP contribution in [0.15, 0.2) is 60.7 Å². The van der Waals surface area contributed by atoms with Crippen molar-refractivity contribution in [2.45, 2.75) is 31.0 Å². The largest absolute Gasteiger partial charge is 0.457 e. The van der Waals surface area contributed by atoms with Gasteiger partial charge >= 0.3 is 0 Å². The van der Waals surface area contributed by atoms with Crippen molar-refractivity contribution in [3.63, 3.8) is 0 Å². The first-order valence-electron chi connectivity index (χ1n) is 10.6. The van der Waals surface area contributed by atoms with Gasteiger partial charge in [-0.05, 0) is 43.7 Å². The molecule has 1 spiro atoms. The van der Waals surface area contributed by atoms with Crippen molar-refractivity contribution >= 4 is 0 Å². The molecule has 0 bridgehead atoms. The van der Waals surface area contributed by atoms with Gasteiger partial charge in [0.2, 0.25) is 0 Å². The molecule has 158 valence electrons. The topological polar surface area (TPSA) is 86.2 Å². The molecule has 0 aliphatic carbocycles. The Morgan fingerprint density at radius 3 is 2.71 bits per heavy atom.